The first kappa shape index (κ1) is 13.3. The topological polar surface area (TPSA) is 66.4 Å². The molecule has 4 nitrogen and oxygen atoms in total. The van der Waals surface area contributed by atoms with E-state index in [2.05, 4.69) is 27.9 Å². The first-order chi connectivity index (χ1) is 8.56. The quantitative estimate of drug-likeness (QED) is 0.793. The maximum atomic E-state index is 12.0. The summed E-state index contributed by atoms with van der Waals surface area (Å²) in [7, 11) is 0. The van der Waals surface area contributed by atoms with Gasteiger partial charge in [-0.1, -0.05) is 6.07 Å². The molecule has 1 fully saturated rings. The number of amides is 1. The van der Waals surface area contributed by atoms with Crippen LogP contribution in [0.5, 0.6) is 0 Å². The van der Waals surface area contributed by atoms with Crippen molar-refractivity contribution in [3.8, 4) is 0 Å². The van der Waals surface area contributed by atoms with Gasteiger partial charge in [-0.2, -0.15) is 0 Å². The molecule has 1 aromatic carbocycles. The number of nitrogens with one attached hydrogen (secondary N) is 1. The third-order valence-corrected chi connectivity index (χ3v) is 3.66. The minimum atomic E-state index is -0.866. The molecule has 0 radical (unpaired) electrons. The number of hydrogen-bond acceptors (Lipinski definition) is 2. The monoisotopic (exact) mass is 359 g/mol. The second-order valence-corrected chi connectivity index (χ2v) is 5.77. The lowest BCUT2D eigenvalue weighted by Gasteiger charge is -2.16. The van der Waals surface area contributed by atoms with E-state index in [0.29, 0.717) is 11.5 Å². The Balaban J connectivity index is 2.02. The van der Waals surface area contributed by atoms with Crippen LogP contribution >= 0.6 is 22.6 Å². The zero-order chi connectivity index (χ0) is 13.1. The van der Waals surface area contributed by atoms with Crippen LogP contribution in [0.1, 0.15) is 29.6 Å². The van der Waals surface area contributed by atoms with Crippen LogP contribution in [0, 0.1) is 9.49 Å². The minimum Gasteiger partial charge on any atom is -0.481 e. The van der Waals surface area contributed by atoms with Crippen molar-refractivity contribution in [1.29, 1.82) is 0 Å². The SMILES string of the molecule is O=C(O)C[C@H](NC(=O)c1cccc(I)c1)C1CC1. The van der Waals surface area contributed by atoms with Gasteiger partial charge in [-0.15, -0.1) is 0 Å². The molecule has 2 N–H and O–H groups in total. The maximum absolute atomic E-state index is 12.0. The fraction of sp³-hybridized carbons (Fsp3) is 0.385. The van der Waals surface area contributed by atoms with Gasteiger partial charge in [0.15, 0.2) is 0 Å². The number of rotatable bonds is 5. The molecule has 1 saturated carbocycles. The lowest BCUT2D eigenvalue weighted by Crippen LogP contribution is -2.38. The molecule has 1 atom stereocenters. The molecular formula is C13H14INO3. The summed E-state index contributed by atoms with van der Waals surface area (Å²) in [6, 6.07) is 7.02. The third kappa shape index (κ3) is 3.69. The van der Waals surface area contributed by atoms with Gasteiger partial charge in [-0.05, 0) is 59.5 Å². The Morgan fingerprint density at radius 2 is 2.17 bits per heavy atom. The molecule has 0 spiro atoms. The van der Waals surface area contributed by atoms with Gasteiger partial charge in [0.05, 0.1) is 6.42 Å². The summed E-state index contributed by atoms with van der Waals surface area (Å²) in [6.07, 6.45) is 2.01. The van der Waals surface area contributed by atoms with E-state index in [-0.39, 0.29) is 18.4 Å². The Kier molecular flexibility index (Phi) is 4.21. The molecule has 18 heavy (non-hydrogen) atoms. The van der Waals surface area contributed by atoms with Crippen LogP contribution in [-0.4, -0.2) is 23.0 Å². The molecule has 1 aliphatic rings. The molecular weight excluding hydrogens is 345 g/mol. The van der Waals surface area contributed by atoms with Gasteiger partial charge in [0.25, 0.3) is 5.91 Å². The Morgan fingerprint density at radius 3 is 2.72 bits per heavy atom. The molecule has 0 bridgehead atoms. The van der Waals surface area contributed by atoms with Gasteiger partial charge in [0, 0.05) is 15.2 Å². The highest BCUT2D eigenvalue weighted by molar-refractivity contribution is 14.1. The van der Waals surface area contributed by atoms with Crippen molar-refractivity contribution in [2.45, 2.75) is 25.3 Å². The second kappa shape index (κ2) is 5.69. The zero-order valence-electron chi connectivity index (χ0n) is 9.73. The molecule has 0 saturated heterocycles. The van der Waals surface area contributed by atoms with Crippen LogP contribution < -0.4 is 5.32 Å². The van der Waals surface area contributed by atoms with Crippen molar-refractivity contribution in [2.75, 3.05) is 0 Å². The van der Waals surface area contributed by atoms with Crippen LogP contribution in [0.25, 0.3) is 0 Å². The van der Waals surface area contributed by atoms with E-state index in [9.17, 15) is 9.59 Å². The number of hydrogen-bond donors (Lipinski definition) is 2. The summed E-state index contributed by atoms with van der Waals surface area (Å²) in [5.74, 6) is -0.727. The Bertz CT molecular complexity index is 471. The van der Waals surface area contributed by atoms with E-state index in [4.69, 9.17) is 5.11 Å². The molecule has 0 aromatic heterocycles. The zero-order valence-corrected chi connectivity index (χ0v) is 11.9. The minimum absolute atomic E-state index is 0.000330. The maximum Gasteiger partial charge on any atom is 0.305 e. The van der Waals surface area contributed by atoms with Crippen molar-refractivity contribution in [3.63, 3.8) is 0 Å². The van der Waals surface area contributed by atoms with Crippen molar-refractivity contribution in [3.05, 3.63) is 33.4 Å². The number of benzene rings is 1. The van der Waals surface area contributed by atoms with E-state index in [1.807, 2.05) is 12.1 Å². The van der Waals surface area contributed by atoms with Gasteiger partial charge >= 0.3 is 5.97 Å². The standard InChI is InChI=1S/C13H14INO3/c14-10-3-1-2-9(6-10)13(18)15-11(7-12(16)17)8-4-5-8/h1-3,6,8,11H,4-5,7H2,(H,15,18)(H,16,17)/t11-/m0/s1. The Hall–Kier alpha value is -1.11. The lowest BCUT2D eigenvalue weighted by atomic mass is 10.1. The highest BCUT2D eigenvalue weighted by Crippen LogP contribution is 2.34. The number of carbonyl (C=O) groups is 2. The summed E-state index contributed by atoms with van der Waals surface area (Å²) in [5.41, 5.74) is 0.581. The number of carboxylic acid groups (broad SMARTS) is 1. The smallest absolute Gasteiger partial charge is 0.305 e. The van der Waals surface area contributed by atoms with Crippen LogP contribution in [0.2, 0.25) is 0 Å². The van der Waals surface area contributed by atoms with Crippen molar-refractivity contribution in [1.82, 2.24) is 5.32 Å². The Morgan fingerprint density at radius 1 is 1.44 bits per heavy atom. The van der Waals surface area contributed by atoms with Crippen LogP contribution in [0.4, 0.5) is 0 Å². The molecule has 96 valence electrons. The van der Waals surface area contributed by atoms with Gasteiger partial charge in [0.1, 0.15) is 0 Å². The van der Waals surface area contributed by atoms with E-state index >= 15 is 0 Å². The largest absolute Gasteiger partial charge is 0.481 e. The molecule has 0 heterocycles. The summed E-state index contributed by atoms with van der Waals surface area (Å²) in [4.78, 5) is 22.8. The van der Waals surface area contributed by atoms with Crippen molar-refractivity contribution >= 4 is 34.5 Å². The number of carboxylic acids is 1. The fourth-order valence-corrected chi connectivity index (χ4v) is 2.45. The van der Waals surface area contributed by atoms with Crippen molar-refractivity contribution in [2.24, 2.45) is 5.92 Å². The predicted octanol–water partition coefficient (Wildman–Crippen LogP) is 2.27. The van der Waals surface area contributed by atoms with Gasteiger partial charge in [-0.25, -0.2) is 0 Å². The highest BCUT2D eigenvalue weighted by atomic mass is 127. The average Bonchev–Trinajstić information content (AvgIpc) is 3.11. The van der Waals surface area contributed by atoms with E-state index in [1.54, 1.807) is 12.1 Å². The van der Waals surface area contributed by atoms with Crippen LogP contribution in [-0.2, 0) is 4.79 Å². The summed E-state index contributed by atoms with van der Waals surface area (Å²) in [6.45, 7) is 0. The van der Waals surface area contributed by atoms with Crippen LogP contribution in [0.15, 0.2) is 24.3 Å². The van der Waals surface area contributed by atoms with Gasteiger partial charge < -0.3 is 10.4 Å². The molecule has 5 heteroatoms. The summed E-state index contributed by atoms with van der Waals surface area (Å²) < 4.78 is 0.987. The molecule has 2 rings (SSSR count). The van der Waals surface area contributed by atoms with Gasteiger partial charge in [-0.3, -0.25) is 9.59 Å². The van der Waals surface area contributed by atoms with Crippen molar-refractivity contribution < 1.29 is 14.7 Å². The summed E-state index contributed by atoms with van der Waals surface area (Å²) in [5, 5.41) is 11.7. The first-order valence-corrected chi connectivity index (χ1v) is 6.92. The molecule has 0 aliphatic heterocycles. The normalized spacial score (nSPS) is 16.1. The van der Waals surface area contributed by atoms with Gasteiger partial charge in [0.2, 0.25) is 0 Å². The average molecular weight is 359 g/mol. The van der Waals surface area contributed by atoms with Crippen LogP contribution in [0.3, 0.4) is 0 Å². The first-order valence-electron chi connectivity index (χ1n) is 5.84. The second-order valence-electron chi connectivity index (χ2n) is 4.53. The number of carbonyl (C=O) groups excluding carboxylic acids is 1. The molecule has 0 unspecified atom stereocenters. The summed E-state index contributed by atoms with van der Waals surface area (Å²) >= 11 is 2.14. The molecule has 1 amide bonds. The van der Waals surface area contributed by atoms with E-state index < -0.39 is 5.97 Å². The van der Waals surface area contributed by atoms with E-state index in [1.165, 1.54) is 0 Å². The Labute approximate surface area is 119 Å². The fourth-order valence-electron chi connectivity index (χ4n) is 1.90. The predicted molar refractivity (Wildman–Crippen MR) is 75.4 cm³/mol. The van der Waals surface area contributed by atoms with E-state index in [0.717, 1.165) is 16.4 Å². The lowest BCUT2D eigenvalue weighted by molar-refractivity contribution is -0.137. The molecule has 1 aliphatic carbocycles. The number of halogens is 1. The molecule has 1 aromatic rings. The third-order valence-electron chi connectivity index (χ3n) is 2.99. The highest BCUT2D eigenvalue weighted by Gasteiger charge is 2.33. The number of aliphatic carboxylic acids is 1.